The van der Waals surface area contributed by atoms with Crippen molar-refractivity contribution < 1.29 is 9.53 Å². The Kier molecular flexibility index (Phi) is 12.9. The van der Waals surface area contributed by atoms with Crippen LogP contribution in [0.4, 0.5) is 5.69 Å². The van der Waals surface area contributed by atoms with Gasteiger partial charge in [0.1, 0.15) is 0 Å². The Bertz CT molecular complexity index is 758. The molecule has 0 amide bonds. The van der Waals surface area contributed by atoms with E-state index in [0.717, 1.165) is 23.6 Å². The maximum Gasteiger partial charge on any atom is 0.338 e. The van der Waals surface area contributed by atoms with E-state index in [2.05, 4.69) is 24.4 Å². The minimum absolute atomic E-state index is 0.272. The van der Waals surface area contributed by atoms with Gasteiger partial charge < -0.3 is 10.1 Å². The van der Waals surface area contributed by atoms with E-state index in [-0.39, 0.29) is 5.97 Å². The van der Waals surface area contributed by atoms with Gasteiger partial charge in [-0.05, 0) is 61.7 Å². The summed E-state index contributed by atoms with van der Waals surface area (Å²) < 4.78 is 5.08. The van der Waals surface area contributed by atoms with E-state index in [0.29, 0.717) is 18.2 Å². The van der Waals surface area contributed by atoms with Gasteiger partial charge in [0.15, 0.2) is 0 Å². The number of hydrogen-bond donors (Lipinski definition) is 1. The third kappa shape index (κ3) is 10.5. The zero-order valence-corrected chi connectivity index (χ0v) is 20.6. The van der Waals surface area contributed by atoms with Crippen molar-refractivity contribution in [3.8, 4) is 0 Å². The zero-order chi connectivity index (χ0) is 23.0. The van der Waals surface area contributed by atoms with Crippen LogP contribution in [0.1, 0.15) is 94.0 Å². The number of rotatable bonds is 16. The lowest BCUT2D eigenvalue weighted by atomic mass is 9.99. The molecule has 0 saturated carbocycles. The van der Waals surface area contributed by atoms with E-state index in [9.17, 15) is 4.79 Å². The molecule has 0 heterocycles. The minimum atomic E-state index is -0.272. The zero-order valence-electron chi connectivity index (χ0n) is 19.9. The van der Waals surface area contributed by atoms with Crippen molar-refractivity contribution in [1.29, 1.82) is 0 Å². The average Bonchev–Trinajstić information content (AvgIpc) is 2.80. The SMILES string of the molecule is CCCCCCCCCCCC(Cc1ccc(Cl)cc1)Nc1ccc(C(=O)OCC)cc1. The maximum absolute atomic E-state index is 11.9. The van der Waals surface area contributed by atoms with Gasteiger partial charge in [0, 0.05) is 16.8 Å². The van der Waals surface area contributed by atoms with Crippen LogP contribution < -0.4 is 5.32 Å². The van der Waals surface area contributed by atoms with Crippen LogP contribution in [-0.2, 0) is 11.2 Å². The van der Waals surface area contributed by atoms with Crippen molar-refractivity contribution in [1.82, 2.24) is 0 Å². The van der Waals surface area contributed by atoms with Crippen LogP contribution in [0.25, 0.3) is 0 Å². The van der Waals surface area contributed by atoms with Crippen LogP contribution in [-0.4, -0.2) is 18.6 Å². The number of ether oxygens (including phenoxy) is 1. The molecule has 4 heteroatoms. The number of carbonyl (C=O) groups is 1. The molecule has 0 saturated heterocycles. The molecule has 0 aliphatic heterocycles. The summed E-state index contributed by atoms with van der Waals surface area (Å²) in [7, 11) is 0. The summed E-state index contributed by atoms with van der Waals surface area (Å²) >= 11 is 6.06. The molecule has 2 aromatic rings. The van der Waals surface area contributed by atoms with Gasteiger partial charge >= 0.3 is 5.97 Å². The summed E-state index contributed by atoms with van der Waals surface area (Å²) in [6.45, 7) is 4.48. The fraction of sp³-hybridized carbons (Fsp3) is 0.536. The fourth-order valence-electron chi connectivity index (χ4n) is 3.98. The molecule has 32 heavy (non-hydrogen) atoms. The summed E-state index contributed by atoms with van der Waals surface area (Å²) in [5.41, 5.74) is 2.91. The number of carbonyl (C=O) groups excluding carboxylic acids is 1. The van der Waals surface area contributed by atoms with E-state index < -0.39 is 0 Å². The molecule has 2 rings (SSSR count). The lowest BCUT2D eigenvalue weighted by Gasteiger charge is -2.20. The fourth-order valence-corrected chi connectivity index (χ4v) is 4.11. The Labute approximate surface area is 199 Å². The highest BCUT2D eigenvalue weighted by Gasteiger charge is 2.11. The summed E-state index contributed by atoms with van der Waals surface area (Å²) in [6, 6.07) is 16.1. The minimum Gasteiger partial charge on any atom is -0.462 e. The molecule has 1 atom stereocenters. The maximum atomic E-state index is 11.9. The summed E-state index contributed by atoms with van der Waals surface area (Å²) in [4.78, 5) is 11.9. The molecule has 0 aromatic heterocycles. The molecule has 0 fully saturated rings. The van der Waals surface area contributed by atoms with Crippen LogP contribution in [0.3, 0.4) is 0 Å². The largest absolute Gasteiger partial charge is 0.462 e. The van der Waals surface area contributed by atoms with Gasteiger partial charge in [-0.25, -0.2) is 4.79 Å². The topological polar surface area (TPSA) is 38.3 Å². The number of anilines is 1. The number of halogens is 1. The summed E-state index contributed by atoms with van der Waals surface area (Å²) in [5.74, 6) is -0.272. The van der Waals surface area contributed by atoms with Gasteiger partial charge in [-0.2, -0.15) is 0 Å². The van der Waals surface area contributed by atoms with Gasteiger partial charge in [-0.3, -0.25) is 0 Å². The molecule has 3 nitrogen and oxygen atoms in total. The summed E-state index contributed by atoms with van der Waals surface area (Å²) in [6.07, 6.45) is 14.1. The Morgan fingerprint density at radius 2 is 1.44 bits per heavy atom. The highest BCUT2D eigenvalue weighted by atomic mass is 35.5. The lowest BCUT2D eigenvalue weighted by Crippen LogP contribution is -2.22. The number of benzene rings is 2. The number of unbranched alkanes of at least 4 members (excludes halogenated alkanes) is 8. The van der Waals surface area contributed by atoms with Crippen LogP contribution in [0.15, 0.2) is 48.5 Å². The highest BCUT2D eigenvalue weighted by molar-refractivity contribution is 6.30. The number of esters is 1. The first-order chi connectivity index (χ1) is 15.6. The molecule has 176 valence electrons. The second-order valence-corrected chi connectivity index (χ2v) is 9.02. The van der Waals surface area contributed by atoms with E-state index >= 15 is 0 Å². The predicted molar refractivity (Wildman–Crippen MR) is 137 cm³/mol. The van der Waals surface area contributed by atoms with E-state index in [1.807, 2.05) is 43.3 Å². The van der Waals surface area contributed by atoms with Gasteiger partial charge in [-0.1, -0.05) is 88.4 Å². The van der Waals surface area contributed by atoms with Crippen LogP contribution >= 0.6 is 11.6 Å². The Morgan fingerprint density at radius 1 is 0.844 bits per heavy atom. The van der Waals surface area contributed by atoms with Crippen molar-refractivity contribution in [2.75, 3.05) is 11.9 Å². The molecule has 1 N–H and O–H groups in total. The monoisotopic (exact) mass is 457 g/mol. The third-order valence-corrected chi connectivity index (χ3v) is 6.07. The van der Waals surface area contributed by atoms with Crippen molar-refractivity contribution in [2.24, 2.45) is 0 Å². The Hall–Kier alpha value is -2.00. The molecule has 2 aromatic carbocycles. The van der Waals surface area contributed by atoms with Crippen molar-refractivity contribution >= 4 is 23.3 Å². The van der Waals surface area contributed by atoms with Crippen molar-refractivity contribution in [2.45, 2.75) is 90.5 Å². The van der Waals surface area contributed by atoms with Crippen LogP contribution in [0.2, 0.25) is 5.02 Å². The molecule has 0 aliphatic carbocycles. The van der Waals surface area contributed by atoms with Crippen molar-refractivity contribution in [3.05, 3.63) is 64.7 Å². The second kappa shape index (κ2) is 15.7. The van der Waals surface area contributed by atoms with Gasteiger partial charge in [0.2, 0.25) is 0 Å². The molecular weight excluding hydrogens is 418 g/mol. The lowest BCUT2D eigenvalue weighted by molar-refractivity contribution is 0.0526. The average molecular weight is 458 g/mol. The normalized spacial score (nSPS) is 11.8. The van der Waals surface area contributed by atoms with Gasteiger partial charge in [-0.15, -0.1) is 0 Å². The van der Waals surface area contributed by atoms with Crippen LogP contribution in [0.5, 0.6) is 0 Å². The van der Waals surface area contributed by atoms with Crippen molar-refractivity contribution in [3.63, 3.8) is 0 Å². The van der Waals surface area contributed by atoms with E-state index in [1.54, 1.807) is 0 Å². The predicted octanol–water partition coefficient (Wildman–Crippen LogP) is 8.46. The van der Waals surface area contributed by atoms with Crippen LogP contribution in [0, 0.1) is 0 Å². The first kappa shape index (κ1) is 26.3. The quantitative estimate of drug-likeness (QED) is 0.203. The van der Waals surface area contributed by atoms with Gasteiger partial charge in [0.25, 0.3) is 0 Å². The highest BCUT2D eigenvalue weighted by Crippen LogP contribution is 2.19. The Balaban J connectivity index is 1.85. The molecule has 0 spiro atoms. The van der Waals surface area contributed by atoms with E-state index in [1.165, 1.54) is 63.4 Å². The second-order valence-electron chi connectivity index (χ2n) is 8.59. The smallest absolute Gasteiger partial charge is 0.338 e. The first-order valence-corrected chi connectivity index (χ1v) is 12.8. The molecule has 0 bridgehead atoms. The molecular formula is C28H40ClNO2. The van der Waals surface area contributed by atoms with Gasteiger partial charge in [0.05, 0.1) is 12.2 Å². The third-order valence-electron chi connectivity index (χ3n) is 5.82. The number of nitrogens with one attached hydrogen (secondary N) is 1. The molecule has 0 aliphatic rings. The first-order valence-electron chi connectivity index (χ1n) is 12.4. The molecule has 0 radical (unpaired) electrons. The standard InChI is InChI=1S/C28H40ClNO2/c1-3-5-6-7-8-9-10-11-12-13-27(22-23-14-18-25(29)19-15-23)30-26-20-16-24(17-21-26)28(31)32-4-2/h14-21,27,30H,3-13,22H2,1-2H3. The number of hydrogen-bond acceptors (Lipinski definition) is 3. The van der Waals surface area contributed by atoms with E-state index in [4.69, 9.17) is 16.3 Å². The summed E-state index contributed by atoms with van der Waals surface area (Å²) in [5, 5.41) is 4.45. The Morgan fingerprint density at radius 3 is 2.03 bits per heavy atom. The molecule has 1 unspecified atom stereocenters.